The van der Waals surface area contributed by atoms with Gasteiger partial charge in [0, 0.05) is 11.8 Å². The van der Waals surface area contributed by atoms with Crippen LogP contribution in [0.1, 0.15) is 5.56 Å². The van der Waals surface area contributed by atoms with Gasteiger partial charge in [0.15, 0.2) is 12.3 Å². The van der Waals surface area contributed by atoms with Crippen LogP contribution in [-0.2, 0) is 16.1 Å². The van der Waals surface area contributed by atoms with E-state index in [0.29, 0.717) is 11.8 Å². The monoisotopic (exact) mass is 251 g/mol. The second-order valence-corrected chi connectivity index (χ2v) is 4.87. The molecule has 0 spiro atoms. The Bertz CT molecular complexity index is 492. The van der Waals surface area contributed by atoms with Crippen molar-refractivity contribution in [1.29, 1.82) is 0 Å². The smallest absolute Gasteiger partial charge is 0.337 e. The maximum absolute atomic E-state index is 11.1. The molecule has 2 aliphatic heterocycles. The van der Waals surface area contributed by atoms with Crippen molar-refractivity contribution in [3.63, 3.8) is 0 Å². The van der Waals surface area contributed by atoms with Crippen LogP contribution in [0.3, 0.4) is 0 Å². The van der Waals surface area contributed by atoms with E-state index < -0.39 is 0 Å². The highest BCUT2D eigenvalue weighted by Crippen LogP contribution is 2.34. The Morgan fingerprint density at radius 3 is 2.76 bits per heavy atom. The second kappa shape index (κ2) is 3.82. The number of nitrogens with zero attached hydrogens (tertiary/aromatic N) is 2. The van der Waals surface area contributed by atoms with E-state index in [1.54, 1.807) is 18.3 Å². The Morgan fingerprint density at radius 2 is 2.24 bits per heavy atom. The van der Waals surface area contributed by atoms with E-state index in [4.69, 9.17) is 16.3 Å². The molecule has 0 bridgehead atoms. The lowest BCUT2D eigenvalue weighted by molar-refractivity contribution is -0.774. The number of esters is 1. The van der Waals surface area contributed by atoms with E-state index in [1.165, 1.54) is 0 Å². The van der Waals surface area contributed by atoms with Crippen molar-refractivity contribution in [2.24, 2.45) is 0 Å². The number of quaternary nitrogens is 1. The summed E-state index contributed by atoms with van der Waals surface area (Å²) in [7, 11) is 0. The van der Waals surface area contributed by atoms with Crippen LogP contribution in [0.15, 0.2) is 30.1 Å². The van der Waals surface area contributed by atoms with Gasteiger partial charge in [0.2, 0.25) is 0 Å². The molecule has 0 aromatic carbocycles. The van der Waals surface area contributed by atoms with Gasteiger partial charge in [-0.25, -0.2) is 9.78 Å². The Balaban J connectivity index is 1.79. The molecule has 0 unspecified atom stereocenters. The number of hydrogen-bond donors (Lipinski definition) is 0. The van der Waals surface area contributed by atoms with Crippen LogP contribution in [0.5, 0.6) is 0 Å². The first kappa shape index (κ1) is 10.7. The summed E-state index contributed by atoms with van der Waals surface area (Å²) in [4.78, 5) is 15.2. The fourth-order valence-electron chi connectivity index (χ4n) is 2.16. The van der Waals surface area contributed by atoms with Crippen molar-refractivity contribution in [3.8, 4) is 0 Å². The number of aromatic nitrogens is 1. The molecule has 1 aromatic rings. The number of ether oxygens (including phenoxy) is 1. The van der Waals surface area contributed by atoms with E-state index in [1.807, 2.05) is 6.07 Å². The summed E-state index contributed by atoms with van der Waals surface area (Å²) in [6, 6.07) is 3.77. The number of cyclic esters (lactones) is 1. The summed E-state index contributed by atoms with van der Waals surface area (Å²) >= 11 is 5.75. The second-order valence-electron chi connectivity index (χ2n) is 4.48. The molecule has 0 radical (unpaired) electrons. The highest BCUT2D eigenvalue weighted by atomic mass is 35.5. The third-order valence-electron chi connectivity index (χ3n) is 3.29. The van der Waals surface area contributed by atoms with Gasteiger partial charge in [0.1, 0.15) is 24.8 Å². The third kappa shape index (κ3) is 2.06. The summed E-state index contributed by atoms with van der Waals surface area (Å²) in [5, 5.41) is 0.504. The fraction of sp³-hybridized carbons (Fsp3) is 0.333. The zero-order chi connectivity index (χ0) is 11.9. The minimum absolute atomic E-state index is 0.223. The normalized spacial score (nSPS) is 21.0. The molecule has 88 valence electrons. The predicted molar refractivity (Wildman–Crippen MR) is 62.0 cm³/mol. The number of halogens is 1. The third-order valence-corrected chi connectivity index (χ3v) is 3.52. The lowest BCUT2D eigenvalue weighted by Gasteiger charge is -2.17. The van der Waals surface area contributed by atoms with Gasteiger partial charge in [-0.2, -0.15) is 0 Å². The van der Waals surface area contributed by atoms with Gasteiger partial charge in [-0.15, -0.1) is 0 Å². The minimum Gasteiger partial charge on any atom is -0.452 e. The maximum atomic E-state index is 11.1. The molecule has 4 nitrogen and oxygen atoms in total. The quantitative estimate of drug-likeness (QED) is 0.354. The first-order valence-electron chi connectivity index (χ1n) is 5.52. The van der Waals surface area contributed by atoms with E-state index in [-0.39, 0.29) is 5.97 Å². The topological polar surface area (TPSA) is 39.2 Å². The number of carbonyl (C=O) groups excluding carboxylic acids is 1. The molecule has 1 saturated heterocycles. The molecule has 17 heavy (non-hydrogen) atoms. The van der Waals surface area contributed by atoms with Crippen molar-refractivity contribution in [2.75, 3.05) is 19.7 Å². The average molecular weight is 252 g/mol. The largest absolute Gasteiger partial charge is 0.452 e. The minimum atomic E-state index is -0.223. The summed E-state index contributed by atoms with van der Waals surface area (Å²) in [5.74, 6) is -0.223. The SMILES string of the molecule is O=C1C=C([N+]2(Cc3ccc(Cl)nc3)CC2)CO1. The van der Waals surface area contributed by atoms with Crippen LogP contribution < -0.4 is 0 Å². The van der Waals surface area contributed by atoms with E-state index in [2.05, 4.69) is 4.98 Å². The van der Waals surface area contributed by atoms with Crippen LogP contribution in [-0.4, -0.2) is 35.1 Å². The molecule has 0 atom stereocenters. The summed E-state index contributed by atoms with van der Waals surface area (Å²) in [5.41, 5.74) is 2.21. The molecule has 5 heteroatoms. The van der Waals surface area contributed by atoms with Crippen molar-refractivity contribution < 1.29 is 14.0 Å². The predicted octanol–water partition coefficient (Wildman–Crippen LogP) is 1.51. The zero-order valence-electron chi connectivity index (χ0n) is 9.23. The molecular weight excluding hydrogens is 240 g/mol. The number of carbonyl (C=O) groups is 1. The molecule has 0 saturated carbocycles. The molecule has 1 aromatic heterocycles. The molecule has 2 aliphatic rings. The Labute approximate surface area is 104 Å². The fourth-order valence-corrected chi connectivity index (χ4v) is 2.27. The number of pyridine rings is 1. The summed E-state index contributed by atoms with van der Waals surface area (Å²) in [6.45, 7) is 3.41. The van der Waals surface area contributed by atoms with Crippen LogP contribution in [0.4, 0.5) is 0 Å². The Kier molecular flexibility index (Phi) is 2.42. The van der Waals surface area contributed by atoms with E-state index in [0.717, 1.165) is 35.4 Å². The van der Waals surface area contributed by atoms with Gasteiger partial charge in [-0.3, -0.25) is 4.48 Å². The summed E-state index contributed by atoms with van der Waals surface area (Å²) < 4.78 is 5.79. The molecule has 0 amide bonds. The van der Waals surface area contributed by atoms with E-state index in [9.17, 15) is 4.79 Å². The van der Waals surface area contributed by atoms with Gasteiger partial charge in [-0.1, -0.05) is 11.6 Å². The highest BCUT2D eigenvalue weighted by Gasteiger charge is 2.48. The van der Waals surface area contributed by atoms with Crippen molar-refractivity contribution in [3.05, 3.63) is 40.8 Å². The van der Waals surface area contributed by atoms with Crippen molar-refractivity contribution in [1.82, 2.24) is 4.98 Å². The van der Waals surface area contributed by atoms with Gasteiger partial charge >= 0.3 is 5.97 Å². The van der Waals surface area contributed by atoms with Crippen molar-refractivity contribution >= 4 is 17.6 Å². The van der Waals surface area contributed by atoms with Gasteiger partial charge in [0.05, 0.1) is 6.08 Å². The Morgan fingerprint density at radius 1 is 1.41 bits per heavy atom. The van der Waals surface area contributed by atoms with Gasteiger partial charge < -0.3 is 4.74 Å². The summed E-state index contributed by atoms with van der Waals surface area (Å²) in [6.07, 6.45) is 3.41. The van der Waals surface area contributed by atoms with Crippen LogP contribution in [0.2, 0.25) is 5.15 Å². The maximum Gasteiger partial charge on any atom is 0.337 e. The first-order valence-corrected chi connectivity index (χ1v) is 5.90. The van der Waals surface area contributed by atoms with Crippen LogP contribution in [0, 0.1) is 0 Å². The number of hydrogen-bond acceptors (Lipinski definition) is 3. The highest BCUT2D eigenvalue weighted by molar-refractivity contribution is 6.29. The van der Waals surface area contributed by atoms with Gasteiger partial charge in [-0.05, 0) is 12.1 Å². The first-order chi connectivity index (χ1) is 8.18. The standard InChI is InChI=1S/C12H12ClN2O2/c13-11-2-1-9(6-14-11)7-15(3-4-15)10-5-12(16)17-8-10/h1-2,5-6H,3-4,7-8H2/q+1. The lowest BCUT2D eigenvalue weighted by atomic mass is 10.2. The molecular formula is C12H12ClN2O2+. The van der Waals surface area contributed by atoms with E-state index >= 15 is 0 Å². The Hall–Kier alpha value is -1.39. The molecule has 0 aliphatic carbocycles. The zero-order valence-corrected chi connectivity index (χ0v) is 9.98. The molecule has 1 fully saturated rings. The van der Waals surface area contributed by atoms with Crippen LogP contribution >= 0.6 is 11.6 Å². The molecule has 3 rings (SSSR count). The lowest BCUT2D eigenvalue weighted by Crippen LogP contribution is -2.25. The molecule has 0 N–H and O–H groups in total. The van der Waals surface area contributed by atoms with Crippen LogP contribution in [0.25, 0.3) is 0 Å². The average Bonchev–Trinajstić information content (AvgIpc) is 2.96. The number of rotatable bonds is 3. The van der Waals surface area contributed by atoms with Gasteiger partial charge in [0.25, 0.3) is 0 Å². The van der Waals surface area contributed by atoms with Crippen molar-refractivity contribution in [2.45, 2.75) is 6.54 Å². The molecule has 3 heterocycles.